The van der Waals surface area contributed by atoms with Gasteiger partial charge in [0.05, 0.1) is 6.04 Å². The third-order valence-electron chi connectivity index (χ3n) is 1.38. The van der Waals surface area contributed by atoms with Gasteiger partial charge in [0.1, 0.15) is 0 Å². The first-order valence-electron chi connectivity index (χ1n) is 4.29. The summed E-state index contributed by atoms with van der Waals surface area (Å²) < 4.78 is 5.09. The number of carbonyl (C=O) groups is 1. The second-order valence-electron chi connectivity index (χ2n) is 2.63. The lowest BCUT2D eigenvalue weighted by Gasteiger charge is -2.06. The minimum absolute atomic E-state index is 0.105. The van der Waals surface area contributed by atoms with E-state index < -0.39 is 6.04 Å². The number of hydrogen-bond donors (Lipinski definition) is 2. The molecule has 72 valence electrons. The molecule has 0 spiro atoms. The summed E-state index contributed by atoms with van der Waals surface area (Å²) in [6.45, 7) is 5.66. The third kappa shape index (κ3) is 6.12. The molecule has 0 aliphatic carbocycles. The Morgan fingerprint density at radius 1 is 1.67 bits per heavy atom. The largest absolute Gasteiger partial charge is 0.382 e. The lowest BCUT2D eigenvalue weighted by molar-refractivity contribution is -0.122. The zero-order valence-corrected chi connectivity index (χ0v) is 7.80. The van der Waals surface area contributed by atoms with Gasteiger partial charge in [0.25, 0.3) is 0 Å². The molecule has 0 heterocycles. The second kappa shape index (κ2) is 7.06. The number of ether oxygens (including phenoxy) is 1. The van der Waals surface area contributed by atoms with Crippen molar-refractivity contribution in [2.24, 2.45) is 5.73 Å². The highest BCUT2D eigenvalue weighted by Crippen LogP contribution is 1.81. The van der Waals surface area contributed by atoms with E-state index in [-0.39, 0.29) is 5.91 Å². The van der Waals surface area contributed by atoms with E-state index in [4.69, 9.17) is 10.5 Å². The van der Waals surface area contributed by atoms with Crippen LogP contribution in [0.25, 0.3) is 0 Å². The Morgan fingerprint density at radius 2 is 2.33 bits per heavy atom. The van der Waals surface area contributed by atoms with Crippen molar-refractivity contribution in [1.82, 2.24) is 5.32 Å². The summed E-state index contributed by atoms with van der Waals surface area (Å²) in [5.41, 5.74) is 5.33. The Bertz CT molecular complexity index is 126. The first-order chi connectivity index (χ1) is 5.68. The summed E-state index contributed by atoms with van der Waals surface area (Å²) in [5, 5.41) is 2.70. The molecule has 0 aromatic carbocycles. The maximum Gasteiger partial charge on any atom is 0.236 e. The molecule has 1 atom stereocenters. The van der Waals surface area contributed by atoms with E-state index in [1.54, 1.807) is 6.92 Å². The number of amides is 1. The van der Waals surface area contributed by atoms with Crippen LogP contribution in [0.5, 0.6) is 0 Å². The maximum absolute atomic E-state index is 10.9. The Kier molecular flexibility index (Phi) is 6.70. The molecule has 12 heavy (non-hydrogen) atoms. The third-order valence-corrected chi connectivity index (χ3v) is 1.38. The molecular formula is C8H18N2O2. The van der Waals surface area contributed by atoms with E-state index in [0.717, 1.165) is 13.0 Å². The van der Waals surface area contributed by atoms with E-state index in [0.29, 0.717) is 13.2 Å². The minimum atomic E-state index is -0.419. The molecule has 4 nitrogen and oxygen atoms in total. The van der Waals surface area contributed by atoms with Crippen molar-refractivity contribution in [3.05, 3.63) is 0 Å². The molecule has 0 saturated carbocycles. The number of nitrogens with one attached hydrogen (secondary N) is 1. The lowest BCUT2D eigenvalue weighted by Crippen LogP contribution is -2.38. The van der Waals surface area contributed by atoms with Crippen molar-refractivity contribution in [2.75, 3.05) is 19.8 Å². The van der Waals surface area contributed by atoms with Crippen molar-refractivity contribution in [3.63, 3.8) is 0 Å². The fraction of sp³-hybridized carbons (Fsp3) is 0.875. The van der Waals surface area contributed by atoms with Crippen LogP contribution in [0.3, 0.4) is 0 Å². The number of nitrogens with two attached hydrogens (primary N) is 1. The van der Waals surface area contributed by atoms with Crippen LogP contribution >= 0.6 is 0 Å². The van der Waals surface area contributed by atoms with Crippen molar-refractivity contribution in [1.29, 1.82) is 0 Å². The van der Waals surface area contributed by atoms with Gasteiger partial charge in [-0.25, -0.2) is 0 Å². The predicted octanol–water partition coefficient (Wildman–Crippen LogP) is -0.124. The highest BCUT2D eigenvalue weighted by molar-refractivity contribution is 5.80. The van der Waals surface area contributed by atoms with Gasteiger partial charge < -0.3 is 15.8 Å². The zero-order valence-electron chi connectivity index (χ0n) is 7.80. The van der Waals surface area contributed by atoms with Gasteiger partial charge in [0.15, 0.2) is 0 Å². The SMILES string of the molecule is CCOCCCNC(=O)[C@H](C)N. The number of carbonyl (C=O) groups excluding carboxylic acids is 1. The summed E-state index contributed by atoms with van der Waals surface area (Å²) in [6, 6.07) is -0.419. The average Bonchev–Trinajstić information content (AvgIpc) is 2.03. The van der Waals surface area contributed by atoms with Crippen LogP contribution in [0.4, 0.5) is 0 Å². The Morgan fingerprint density at radius 3 is 2.83 bits per heavy atom. The van der Waals surface area contributed by atoms with Crippen LogP contribution in [0.1, 0.15) is 20.3 Å². The molecular weight excluding hydrogens is 156 g/mol. The van der Waals surface area contributed by atoms with E-state index in [9.17, 15) is 4.79 Å². The molecule has 0 unspecified atom stereocenters. The Balaban J connectivity index is 3.14. The smallest absolute Gasteiger partial charge is 0.236 e. The minimum Gasteiger partial charge on any atom is -0.382 e. The van der Waals surface area contributed by atoms with Gasteiger partial charge in [-0.1, -0.05) is 0 Å². The molecule has 0 radical (unpaired) electrons. The maximum atomic E-state index is 10.9. The summed E-state index contributed by atoms with van der Waals surface area (Å²) in [6.07, 6.45) is 0.840. The van der Waals surface area contributed by atoms with E-state index >= 15 is 0 Å². The molecule has 0 aliphatic heterocycles. The van der Waals surface area contributed by atoms with Gasteiger partial charge in [-0.3, -0.25) is 4.79 Å². The van der Waals surface area contributed by atoms with E-state index in [2.05, 4.69) is 5.32 Å². The molecule has 0 saturated heterocycles. The van der Waals surface area contributed by atoms with Gasteiger partial charge in [-0.2, -0.15) is 0 Å². The summed E-state index contributed by atoms with van der Waals surface area (Å²) in [7, 11) is 0. The van der Waals surface area contributed by atoms with Crippen LogP contribution in [-0.2, 0) is 9.53 Å². The predicted molar refractivity (Wildman–Crippen MR) is 47.8 cm³/mol. The van der Waals surface area contributed by atoms with Crippen molar-refractivity contribution in [2.45, 2.75) is 26.3 Å². The van der Waals surface area contributed by atoms with E-state index in [1.807, 2.05) is 6.92 Å². The van der Waals surface area contributed by atoms with Crippen LogP contribution in [0.15, 0.2) is 0 Å². The van der Waals surface area contributed by atoms with Crippen LogP contribution < -0.4 is 11.1 Å². The molecule has 0 aromatic heterocycles. The molecule has 0 rings (SSSR count). The van der Waals surface area contributed by atoms with Gasteiger partial charge in [0.2, 0.25) is 5.91 Å². The summed E-state index contributed by atoms with van der Waals surface area (Å²) in [4.78, 5) is 10.9. The molecule has 0 bridgehead atoms. The van der Waals surface area contributed by atoms with Gasteiger partial charge in [-0.15, -0.1) is 0 Å². The first-order valence-corrected chi connectivity index (χ1v) is 4.29. The highest BCUT2D eigenvalue weighted by Gasteiger charge is 2.04. The standard InChI is InChI=1S/C8H18N2O2/c1-3-12-6-4-5-10-8(11)7(2)9/h7H,3-6,9H2,1-2H3,(H,10,11)/t7-/m0/s1. The first kappa shape index (κ1) is 11.4. The zero-order chi connectivity index (χ0) is 9.40. The highest BCUT2D eigenvalue weighted by atomic mass is 16.5. The van der Waals surface area contributed by atoms with Gasteiger partial charge in [-0.05, 0) is 20.3 Å². The number of hydrogen-bond acceptors (Lipinski definition) is 3. The van der Waals surface area contributed by atoms with Gasteiger partial charge in [0, 0.05) is 19.8 Å². The molecule has 0 fully saturated rings. The molecule has 3 N–H and O–H groups in total. The molecule has 0 aromatic rings. The van der Waals surface area contributed by atoms with E-state index in [1.165, 1.54) is 0 Å². The number of rotatable bonds is 6. The topological polar surface area (TPSA) is 64.3 Å². The van der Waals surface area contributed by atoms with Crippen molar-refractivity contribution >= 4 is 5.91 Å². The normalized spacial score (nSPS) is 12.6. The quantitative estimate of drug-likeness (QED) is 0.552. The Labute approximate surface area is 73.5 Å². The fourth-order valence-electron chi connectivity index (χ4n) is 0.691. The monoisotopic (exact) mass is 174 g/mol. The van der Waals surface area contributed by atoms with Crippen LogP contribution in [-0.4, -0.2) is 31.7 Å². The molecule has 0 aliphatic rings. The van der Waals surface area contributed by atoms with Gasteiger partial charge >= 0.3 is 0 Å². The fourth-order valence-corrected chi connectivity index (χ4v) is 0.691. The summed E-state index contributed by atoms with van der Waals surface area (Å²) in [5.74, 6) is -0.105. The van der Waals surface area contributed by atoms with Crippen LogP contribution in [0, 0.1) is 0 Å². The van der Waals surface area contributed by atoms with Crippen molar-refractivity contribution < 1.29 is 9.53 Å². The average molecular weight is 174 g/mol. The van der Waals surface area contributed by atoms with Crippen molar-refractivity contribution in [3.8, 4) is 0 Å². The molecule has 4 heteroatoms. The molecule has 1 amide bonds. The summed E-state index contributed by atoms with van der Waals surface area (Å²) >= 11 is 0. The second-order valence-corrected chi connectivity index (χ2v) is 2.63. The lowest BCUT2D eigenvalue weighted by atomic mass is 10.3. The Hall–Kier alpha value is -0.610. The van der Waals surface area contributed by atoms with Crippen LogP contribution in [0.2, 0.25) is 0 Å².